The van der Waals surface area contributed by atoms with Crippen LogP contribution >= 0.6 is 0 Å². The predicted octanol–water partition coefficient (Wildman–Crippen LogP) is 3.98. The van der Waals surface area contributed by atoms with Crippen LogP contribution in [-0.4, -0.2) is 32.4 Å². The van der Waals surface area contributed by atoms with Crippen LogP contribution in [0.2, 0.25) is 0 Å². The highest BCUT2D eigenvalue weighted by atomic mass is 32.2. The zero-order chi connectivity index (χ0) is 22.1. The van der Waals surface area contributed by atoms with Gasteiger partial charge in [0.2, 0.25) is 24.7 Å². The molecule has 0 amide bonds. The van der Waals surface area contributed by atoms with E-state index in [0.717, 1.165) is 44.6 Å². The Morgan fingerprint density at radius 3 is 1.59 bits per heavy atom. The SMILES string of the molecule is CC.CC.O=S(=O)(c1ccc(S(=O)(=O)C2CCCCC2)[n+]([O-])n1)C1CCCCC1. The van der Waals surface area contributed by atoms with Gasteiger partial charge in [-0.15, -0.1) is 0 Å². The molecule has 9 heteroatoms. The van der Waals surface area contributed by atoms with Crippen LogP contribution in [0.25, 0.3) is 0 Å². The van der Waals surface area contributed by atoms with Gasteiger partial charge in [-0.3, -0.25) is 0 Å². The van der Waals surface area contributed by atoms with Gasteiger partial charge in [0, 0.05) is 11.2 Å². The van der Waals surface area contributed by atoms with E-state index in [2.05, 4.69) is 5.10 Å². The normalized spacial score (nSPS) is 18.8. The van der Waals surface area contributed by atoms with Gasteiger partial charge < -0.3 is 5.21 Å². The summed E-state index contributed by atoms with van der Waals surface area (Å²) in [5.74, 6) is 0. The fourth-order valence-electron chi connectivity index (χ4n) is 3.83. The monoisotopic (exact) mass is 448 g/mol. The van der Waals surface area contributed by atoms with Crippen LogP contribution in [0, 0.1) is 5.21 Å². The first kappa shape index (κ1) is 25.8. The first-order valence-corrected chi connectivity index (χ1v) is 14.0. The average Bonchev–Trinajstić information content (AvgIpc) is 2.77. The molecule has 29 heavy (non-hydrogen) atoms. The number of aromatic nitrogens is 2. The molecule has 1 heterocycles. The van der Waals surface area contributed by atoms with Crippen molar-refractivity contribution in [3.8, 4) is 0 Å². The van der Waals surface area contributed by atoms with Gasteiger partial charge in [0.05, 0.1) is 10.5 Å². The van der Waals surface area contributed by atoms with Crippen molar-refractivity contribution in [2.75, 3.05) is 0 Å². The summed E-state index contributed by atoms with van der Waals surface area (Å²) < 4.78 is 50.6. The minimum atomic E-state index is -3.79. The number of rotatable bonds is 4. The van der Waals surface area contributed by atoms with Crippen molar-refractivity contribution in [2.45, 2.75) is 112 Å². The Balaban J connectivity index is 0.000000989. The molecular formula is C20H36N2O5S2. The fraction of sp³-hybridized carbons (Fsp3) is 0.800. The van der Waals surface area contributed by atoms with Crippen molar-refractivity contribution < 1.29 is 21.7 Å². The number of hydrogen-bond acceptors (Lipinski definition) is 6. The summed E-state index contributed by atoms with van der Waals surface area (Å²) in [6.45, 7) is 8.00. The summed E-state index contributed by atoms with van der Waals surface area (Å²) >= 11 is 0. The first-order chi connectivity index (χ1) is 13.8. The molecule has 2 fully saturated rings. The Kier molecular flexibility index (Phi) is 10.5. The Morgan fingerprint density at radius 1 is 0.759 bits per heavy atom. The number of nitrogens with zero attached hydrogens (tertiary/aromatic N) is 2. The summed E-state index contributed by atoms with van der Waals surface area (Å²) in [6.07, 6.45) is 7.53. The molecule has 0 spiro atoms. The molecule has 0 unspecified atom stereocenters. The van der Waals surface area contributed by atoms with Crippen LogP contribution < -0.4 is 4.85 Å². The van der Waals surface area contributed by atoms with Crippen molar-refractivity contribution in [1.29, 1.82) is 0 Å². The highest BCUT2D eigenvalue weighted by Gasteiger charge is 2.37. The number of sulfone groups is 2. The average molecular weight is 449 g/mol. The van der Waals surface area contributed by atoms with E-state index >= 15 is 0 Å². The standard InChI is InChI=1S/C16H24N2O5S2.2C2H6/c19-18-16(25(22,23)14-9-5-2-6-10-14)12-11-15(17-18)24(20,21)13-7-3-1-4-8-13;2*1-2/h11-14H,1-10H2;2*1-2H3. The highest BCUT2D eigenvalue weighted by Crippen LogP contribution is 2.29. The topological polar surface area (TPSA) is 108 Å². The lowest BCUT2D eigenvalue weighted by Crippen LogP contribution is -2.42. The maximum absolute atomic E-state index is 12.7. The Labute approximate surface area is 176 Å². The summed E-state index contributed by atoms with van der Waals surface area (Å²) in [4.78, 5) is -0.0142. The maximum atomic E-state index is 12.7. The summed E-state index contributed by atoms with van der Waals surface area (Å²) in [7, 11) is -7.49. The third-order valence-electron chi connectivity index (χ3n) is 5.31. The van der Waals surface area contributed by atoms with E-state index in [1.165, 1.54) is 6.07 Å². The lowest BCUT2D eigenvalue weighted by Gasteiger charge is -2.21. The quantitative estimate of drug-likeness (QED) is 0.509. The van der Waals surface area contributed by atoms with Crippen LogP contribution in [0.1, 0.15) is 91.9 Å². The zero-order valence-electron chi connectivity index (χ0n) is 18.1. The molecule has 3 rings (SSSR count). The van der Waals surface area contributed by atoms with E-state index in [9.17, 15) is 22.0 Å². The molecule has 2 aliphatic rings. The van der Waals surface area contributed by atoms with E-state index in [4.69, 9.17) is 0 Å². The van der Waals surface area contributed by atoms with Crippen LogP contribution in [0.4, 0.5) is 0 Å². The maximum Gasteiger partial charge on any atom is 0.335 e. The minimum absolute atomic E-state index is 0.0142. The third-order valence-corrected chi connectivity index (χ3v) is 9.69. The van der Waals surface area contributed by atoms with Gasteiger partial charge >= 0.3 is 5.03 Å². The second kappa shape index (κ2) is 11.8. The number of hydrogen-bond donors (Lipinski definition) is 0. The molecule has 1 aromatic heterocycles. The van der Waals surface area contributed by atoms with Gasteiger partial charge in [-0.2, -0.15) is 0 Å². The molecule has 168 valence electrons. The summed E-state index contributed by atoms with van der Waals surface area (Å²) in [5, 5.41) is 13.9. The molecule has 0 N–H and O–H groups in total. The molecular weight excluding hydrogens is 412 g/mol. The second-order valence-electron chi connectivity index (χ2n) is 6.99. The summed E-state index contributed by atoms with van der Waals surface area (Å²) in [5.41, 5.74) is 0. The Morgan fingerprint density at radius 2 is 1.17 bits per heavy atom. The molecule has 0 radical (unpaired) electrons. The van der Waals surface area contributed by atoms with Crippen LogP contribution in [0.15, 0.2) is 22.2 Å². The smallest absolute Gasteiger partial charge is 0.335 e. The fourth-order valence-corrected chi connectivity index (χ4v) is 7.38. The van der Waals surface area contributed by atoms with Crippen molar-refractivity contribution in [1.82, 2.24) is 5.10 Å². The van der Waals surface area contributed by atoms with E-state index in [1.54, 1.807) is 0 Å². The Bertz CT molecular complexity index is 826. The van der Waals surface area contributed by atoms with Crippen LogP contribution in [-0.2, 0) is 19.7 Å². The molecule has 0 bridgehead atoms. The van der Waals surface area contributed by atoms with E-state index in [1.807, 2.05) is 27.7 Å². The molecule has 7 nitrogen and oxygen atoms in total. The van der Waals surface area contributed by atoms with Gasteiger partial charge in [-0.05, 0) is 36.6 Å². The van der Waals surface area contributed by atoms with Crippen LogP contribution in [0.3, 0.4) is 0 Å². The van der Waals surface area contributed by atoms with Gasteiger partial charge in [0.25, 0.3) is 0 Å². The van der Waals surface area contributed by atoms with Gasteiger partial charge in [-0.1, -0.05) is 66.2 Å². The summed E-state index contributed by atoms with van der Waals surface area (Å²) in [6, 6.07) is 2.29. The van der Waals surface area contributed by atoms with Crippen molar-refractivity contribution in [3.63, 3.8) is 0 Å². The molecule has 0 aliphatic heterocycles. The molecule has 0 atom stereocenters. The Hall–Kier alpha value is -1.22. The second-order valence-corrected chi connectivity index (χ2v) is 11.3. The minimum Gasteiger partial charge on any atom is -0.593 e. The van der Waals surface area contributed by atoms with Gasteiger partial charge in [0.15, 0.2) is 0 Å². The van der Waals surface area contributed by atoms with E-state index in [0.29, 0.717) is 25.7 Å². The zero-order valence-corrected chi connectivity index (χ0v) is 19.8. The first-order valence-electron chi connectivity index (χ1n) is 10.9. The van der Waals surface area contributed by atoms with E-state index in [-0.39, 0.29) is 9.87 Å². The molecule has 1 aromatic rings. The van der Waals surface area contributed by atoms with Crippen molar-refractivity contribution >= 4 is 19.7 Å². The molecule has 2 saturated carbocycles. The van der Waals surface area contributed by atoms with E-state index < -0.39 is 35.2 Å². The third kappa shape index (κ3) is 6.13. The predicted molar refractivity (Wildman–Crippen MR) is 114 cm³/mol. The molecule has 2 aliphatic carbocycles. The lowest BCUT2D eigenvalue weighted by atomic mass is 10.0. The van der Waals surface area contributed by atoms with Crippen LogP contribution in [0.5, 0.6) is 0 Å². The molecule has 0 aromatic carbocycles. The molecule has 0 saturated heterocycles. The van der Waals surface area contributed by atoms with Gasteiger partial charge in [-0.25, -0.2) is 16.8 Å². The largest absolute Gasteiger partial charge is 0.593 e. The highest BCUT2D eigenvalue weighted by molar-refractivity contribution is 7.92. The van der Waals surface area contributed by atoms with Crippen molar-refractivity contribution in [2.24, 2.45) is 0 Å². The van der Waals surface area contributed by atoms with Gasteiger partial charge in [0.1, 0.15) is 0 Å². The van der Waals surface area contributed by atoms with Crippen molar-refractivity contribution in [3.05, 3.63) is 17.3 Å². The lowest BCUT2D eigenvalue weighted by molar-refractivity contribution is -0.711.